The van der Waals surface area contributed by atoms with Gasteiger partial charge in [0.1, 0.15) is 0 Å². The number of hydrogen-bond donors (Lipinski definition) is 0. The molecule has 3 aromatic heterocycles. The van der Waals surface area contributed by atoms with Gasteiger partial charge in [0.25, 0.3) is 0 Å². The highest BCUT2D eigenvalue weighted by Gasteiger charge is 2.18. The van der Waals surface area contributed by atoms with Crippen molar-refractivity contribution in [2.24, 2.45) is 0 Å². The molecule has 0 aliphatic heterocycles. The van der Waals surface area contributed by atoms with Crippen LogP contribution < -0.4 is 0 Å². The van der Waals surface area contributed by atoms with Crippen molar-refractivity contribution >= 4 is 54.4 Å². The Kier molecular flexibility index (Phi) is 7.78. The molecule has 12 rings (SSSR count). The minimum absolute atomic E-state index is 0.627. The van der Waals surface area contributed by atoms with Gasteiger partial charge in [-0.15, -0.1) is 0 Å². The zero-order valence-electron chi connectivity index (χ0n) is 32.4. The van der Waals surface area contributed by atoms with E-state index in [1.807, 2.05) is 60.7 Å². The summed E-state index contributed by atoms with van der Waals surface area (Å²) < 4.78 is 4.79. The Morgan fingerprint density at radius 1 is 0.267 bits per heavy atom. The summed E-state index contributed by atoms with van der Waals surface area (Å²) in [6.07, 6.45) is 0. The first-order chi connectivity index (χ1) is 29.7. The van der Waals surface area contributed by atoms with Crippen LogP contribution in [0.25, 0.3) is 111 Å². The molecule has 0 aliphatic rings. The van der Waals surface area contributed by atoms with Gasteiger partial charge in [0, 0.05) is 49.3 Å². The van der Waals surface area contributed by atoms with Gasteiger partial charge in [-0.25, -0.2) is 15.0 Å². The predicted molar refractivity (Wildman–Crippen MR) is 248 cm³/mol. The van der Waals surface area contributed by atoms with E-state index in [4.69, 9.17) is 15.0 Å². The van der Waals surface area contributed by atoms with Crippen LogP contribution in [0.1, 0.15) is 0 Å². The van der Waals surface area contributed by atoms with E-state index in [-0.39, 0.29) is 0 Å². The molecule has 9 aromatic carbocycles. The van der Waals surface area contributed by atoms with Gasteiger partial charge in [0.2, 0.25) is 0 Å². The number of fused-ring (bicyclic) bond motifs is 7. The number of benzene rings is 9. The molecular formula is C55H35N5. The molecule has 0 amide bonds. The fraction of sp³-hybridized carbons (Fsp3) is 0. The van der Waals surface area contributed by atoms with Crippen LogP contribution in [-0.4, -0.2) is 24.1 Å². The first kappa shape index (κ1) is 33.9. The van der Waals surface area contributed by atoms with Gasteiger partial charge in [0.05, 0.1) is 27.8 Å². The summed E-state index contributed by atoms with van der Waals surface area (Å²) in [5.41, 5.74) is 12.0. The van der Waals surface area contributed by atoms with Crippen LogP contribution >= 0.6 is 0 Å². The minimum Gasteiger partial charge on any atom is -0.309 e. The molecule has 0 atom stereocenters. The van der Waals surface area contributed by atoms with Crippen LogP contribution in [0.3, 0.4) is 0 Å². The molecule has 12 aromatic rings. The minimum atomic E-state index is 0.627. The molecular weight excluding hydrogens is 731 g/mol. The first-order valence-electron chi connectivity index (χ1n) is 20.3. The maximum Gasteiger partial charge on any atom is 0.164 e. The van der Waals surface area contributed by atoms with Gasteiger partial charge in [-0.1, -0.05) is 164 Å². The van der Waals surface area contributed by atoms with Crippen molar-refractivity contribution in [1.29, 1.82) is 0 Å². The Morgan fingerprint density at radius 2 is 0.767 bits per heavy atom. The Hall–Kier alpha value is -8.15. The lowest BCUT2D eigenvalue weighted by Crippen LogP contribution is -2.01. The van der Waals surface area contributed by atoms with E-state index < -0.39 is 0 Å². The van der Waals surface area contributed by atoms with Gasteiger partial charge in [-0.2, -0.15) is 0 Å². The van der Waals surface area contributed by atoms with Crippen molar-refractivity contribution in [3.8, 4) is 56.7 Å². The zero-order chi connectivity index (χ0) is 39.6. The molecule has 0 bridgehead atoms. The van der Waals surface area contributed by atoms with E-state index in [9.17, 15) is 0 Å². The molecule has 0 unspecified atom stereocenters. The quantitative estimate of drug-likeness (QED) is 0.169. The van der Waals surface area contributed by atoms with Crippen molar-refractivity contribution in [1.82, 2.24) is 24.1 Å². The largest absolute Gasteiger partial charge is 0.309 e. The molecule has 0 saturated heterocycles. The van der Waals surface area contributed by atoms with Crippen molar-refractivity contribution < 1.29 is 0 Å². The lowest BCUT2D eigenvalue weighted by atomic mass is 10.0. The third kappa shape index (κ3) is 5.52. The smallest absolute Gasteiger partial charge is 0.164 e. The summed E-state index contributed by atoms with van der Waals surface area (Å²) >= 11 is 0. The van der Waals surface area contributed by atoms with E-state index >= 15 is 0 Å². The number of hydrogen-bond acceptors (Lipinski definition) is 3. The van der Waals surface area contributed by atoms with Crippen LogP contribution in [0.15, 0.2) is 212 Å². The molecule has 0 spiro atoms. The van der Waals surface area contributed by atoms with Crippen LogP contribution in [0, 0.1) is 0 Å². The average Bonchev–Trinajstić information content (AvgIpc) is 3.84. The maximum absolute atomic E-state index is 5.05. The Labute approximate surface area is 346 Å². The monoisotopic (exact) mass is 765 g/mol. The normalized spacial score (nSPS) is 11.7. The number of para-hydroxylation sites is 2. The van der Waals surface area contributed by atoms with Gasteiger partial charge < -0.3 is 9.13 Å². The van der Waals surface area contributed by atoms with Crippen LogP contribution in [0.2, 0.25) is 0 Å². The first-order valence-corrected chi connectivity index (χ1v) is 20.3. The lowest BCUT2D eigenvalue weighted by molar-refractivity contribution is 1.07. The Bertz CT molecular complexity index is 3540. The molecule has 5 nitrogen and oxygen atoms in total. The van der Waals surface area contributed by atoms with E-state index in [1.165, 1.54) is 54.6 Å². The average molecular weight is 766 g/mol. The molecule has 5 heteroatoms. The van der Waals surface area contributed by atoms with Crippen LogP contribution in [0.5, 0.6) is 0 Å². The number of rotatable bonds is 6. The fourth-order valence-electron chi connectivity index (χ4n) is 8.97. The van der Waals surface area contributed by atoms with E-state index in [0.717, 1.165) is 39.0 Å². The SMILES string of the molecule is c1ccc(-c2nc(-c3ccccc3)nc(-c3cccc(-n4c5ccccc5c5ccc(-c6ccc7c(c6)c6ccccc6n7-c6cccc7ccccc67)cc54)c3)n2)cc1. The molecule has 0 fully saturated rings. The standard InChI is InChI=1S/C55H35N5/c1-3-16-37(17-4-1)53-56-54(38-18-5-2-6-19-38)58-55(57-53)41-21-13-22-42(33-41)59-49-26-11-9-24-44(49)46-31-29-40(35-52(46)59)39-30-32-51-47(34-39)45-25-10-12-27-50(45)60(51)48-28-14-20-36-15-7-8-23-43(36)48/h1-35H. The number of nitrogens with zero attached hydrogens (tertiary/aromatic N) is 5. The summed E-state index contributed by atoms with van der Waals surface area (Å²) in [5, 5.41) is 7.33. The predicted octanol–water partition coefficient (Wildman–Crippen LogP) is 13.9. The van der Waals surface area contributed by atoms with Crippen LogP contribution in [-0.2, 0) is 0 Å². The molecule has 0 aliphatic carbocycles. The Morgan fingerprint density at radius 3 is 1.50 bits per heavy atom. The molecule has 60 heavy (non-hydrogen) atoms. The summed E-state index contributed by atoms with van der Waals surface area (Å²) in [6, 6.07) is 75.3. The summed E-state index contributed by atoms with van der Waals surface area (Å²) in [7, 11) is 0. The molecule has 0 N–H and O–H groups in total. The second-order valence-corrected chi connectivity index (χ2v) is 15.3. The summed E-state index contributed by atoms with van der Waals surface area (Å²) in [4.78, 5) is 15.0. The highest BCUT2D eigenvalue weighted by atomic mass is 15.0. The topological polar surface area (TPSA) is 48.5 Å². The number of aromatic nitrogens is 5. The summed E-state index contributed by atoms with van der Waals surface area (Å²) in [5.74, 6) is 1.91. The molecule has 0 saturated carbocycles. The highest BCUT2D eigenvalue weighted by Crippen LogP contribution is 2.39. The van der Waals surface area contributed by atoms with Gasteiger partial charge in [-0.3, -0.25) is 0 Å². The zero-order valence-corrected chi connectivity index (χ0v) is 32.4. The second-order valence-electron chi connectivity index (χ2n) is 15.3. The highest BCUT2D eigenvalue weighted by molar-refractivity contribution is 6.13. The van der Waals surface area contributed by atoms with Crippen molar-refractivity contribution in [2.75, 3.05) is 0 Å². The third-order valence-electron chi connectivity index (χ3n) is 11.7. The Balaban J connectivity index is 1.02. The molecule has 3 heterocycles. The van der Waals surface area contributed by atoms with E-state index in [0.29, 0.717) is 17.5 Å². The van der Waals surface area contributed by atoms with Crippen molar-refractivity contribution in [2.45, 2.75) is 0 Å². The molecule has 0 radical (unpaired) electrons. The fourth-order valence-corrected chi connectivity index (χ4v) is 8.97. The van der Waals surface area contributed by atoms with E-state index in [1.54, 1.807) is 0 Å². The van der Waals surface area contributed by atoms with Crippen molar-refractivity contribution in [3.63, 3.8) is 0 Å². The van der Waals surface area contributed by atoms with Crippen molar-refractivity contribution in [3.05, 3.63) is 212 Å². The third-order valence-corrected chi connectivity index (χ3v) is 11.7. The summed E-state index contributed by atoms with van der Waals surface area (Å²) in [6.45, 7) is 0. The van der Waals surface area contributed by atoms with Gasteiger partial charge in [0.15, 0.2) is 17.5 Å². The maximum atomic E-state index is 5.05. The van der Waals surface area contributed by atoms with E-state index in [2.05, 4.69) is 161 Å². The second kappa shape index (κ2) is 13.8. The van der Waals surface area contributed by atoms with Gasteiger partial charge in [-0.05, 0) is 65.0 Å². The van der Waals surface area contributed by atoms with Gasteiger partial charge >= 0.3 is 0 Å². The lowest BCUT2D eigenvalue weighted by Gasteiger charge is -2.12. The molecule has 280 valence electrons. The van der Waals surface area contributed by atoms with Crippen LogP contribution in [0.4, 0.5) is 0 Å².